The fourth-order valence-electron chi connectivity index (χ4n) is 2.79. The molecule has 0 bridgehead atoms. The lowest BCUT2D eigenvalue weighted by atomic mass is 10.1. The molecule has 0 atom stereocenters. The molecule has 150 valence electrons. The van der Waals surface area contributed by atoms with Gasteiger partial charge in [0.25, 0.3) is 5.91 Å². The van der Waals surface area contributed by atoms with E-state index < -0.39 is 0 Å². The van der Waals surface area contributed by atoms with Gasteiger partial charge in [-0.15, -0.1) is 10.2 Å². The van der Waals surface area contributed by atoms with Crippen LogP contribution in [0.3, 0.4) is 0 Å². The molecule has 0 aliphatic rings. The molecule has 0 saturated carbocycles. The Kier molecular flexibility index (Phi) is 5.52. The average Bonchev–Trinajstić information content (AvgIpc) is 3.19. The van der Waals surface area contributed by atoms with Crippen LogP contribution in [-0.4, -0.2) is 16.1 Å². The van der Waals surface area contributed by atoms with Gasteiger partial charge in [-0.1, -0.05) is 12.1 Å². The summed E-state index contributed by atoms with van der Waals surface area (Å²) in [6.45, 7) is 2.18. The standard InChI is InChI=1S/C23H18FN3O3/c1-15-2-9-20(29-15)14-25-23(28)17-5-3-16(4-6-17)21-12-13-22(27-26-21)30-19-10-7-18(24)8-11-19/h2-13H,14H2,1H3,(H,25,28). The number of halogens is 1. The molecule has 0 radical (unpaired) electrons. The Labute approximate surface area is 172 Å². The molecule has 2 heterocycles. The van der Waals surface area contributed by atoms with E-state index in [1.54, 1.807) is 36.4 Å². The second-order valence-corrected chi connectivity index (χ2v) is 6.59. The number of nitrogens with one attached hydrogen (secondary N) is 1. The fraction of sp³-hybridized carbons (Fsp3) is 0.0870. The van der Waals surface area contributed by atoms with Gasteiger partial charge < -0.3 is 14.5 Å². The lowest BCUT2D eigenvalue weighted by Gasteiger charge is -2.06. The van der Waals surface area contributed by atoms with Crippen molar-refractivity contribution in [1.82, 2.24) is 15.5 Å². The van der Waals surface area contributed by atoms with E-state index in [1.807, 2.05) is 19.1 Å². The Morgan fingerprint density at radius 1 is 0.967 bits per heavy atom. The first-order valence-corrected chi connectivity index (χ1v) is 9.28. The van der Waals surface area contributed by atoms with Gasteiger partial charge in [0.05, 0.1) is 12.2 Å². The number of aryl methyl sites for hydroxylation is 1. The molecule has 0 aliphatic carbocycles. The van der Waals surface area contributed by atoms with Crippen LogP contribution >= 0.6 is 0 Å². The maximum Gasteiger partial charge on any atom is 0.251 e. The second kappa shape index (κ2) is 8.57. The van der Waals surface area contributed by atoms with Gasteiger partial charge >= 0.3 is 0 Å². The zero-order valence-corrected chi connectivity index (χ0v) is 16.1. The van der Waals surface area contributed by atoms with E-state index in [2.05, 4.69) is 15.5 Å². The molecule has 0 saturated heterocycles. The molecule has 4 rings (SSSR count). The predicted octanol–water partition coefficient (Wildman–Crippen LogP) is 4.91. The van der Waals surface area contributed by atoms with Crippen LogP contribution in [0, 0.1) is 12.7 Å². The molecule has 30 heavy (non-hydrogen) atoms. The molecule has 4 aromatic rings. The van der Waals surface area contributed by atoms with Crippen LogP contribution in [0.5, 0.6) is 11.6 Å². The third-order valence-corrected chi connectivity index (χ3v) is 4.34. The Balaban J connectivity index is 1.38. The van der Waals surface area contributed by atoms with Crippen LogP contribution in [0.2, 0.25) is 0 Å². The molecule has 6 nitrogen and oxygen atoms in total. The molecule has 0 spiro atoms. The third kappa shape index (κ3) is 4.70. The SMILES string of the molecule is Cc1ccc(CNC(=O)c2ccc(-c3ccc(Oc4ccc(F)cc4)nn3)cc2)o1. The minimum atomic E-state index is -0.336. The summed E-state index contributed by atoms with van der Waals surface area (Å²) < 4.78 is 23.9. The first-order chi connectivity index (χ1) is 14.6. The maximum atomic E-state index is 13.0. The van der Waals surface area contributed by atoms with E-state index in [1.165, 1.54) is 24.3 Å². The van der Waals surface area contributed by atoms with Gasteiger partial charge in [-0.2, -0.15) is 0 Å². The van der Waals surface area contributed by atoms with E-state index >= 15 is 0 Å². The van der Waals surface area contributed by atoms with Crippen molar-refractivity contribution in [2.24, 2.45) is 0 Å². The Morgan fingerprint density at radius 3 is 2.37 bits per heavy atom. The number of hydrogen-bond acceptors (Lipinski definition) is 5. The Morgan fingerprint density at radius 2 is 1.73 bits per heavy atom. The molecule has 1 amide bonds. The minimum Gasteiger partial charge on any atom is -0.465 e. The Bertz CT molecular complexity index is 1140. The number of nitrogens with zero attached hydrogens (tertiary/aromatic N) is 2. The van der Waals surface area contributed by atoms with E-state index in [-0.39, 0.29) is 11.7 Å². The summed E-state index contributed by atoms with van der Waals surface area (Å²) >= 11 is 0. The van der Waals surface area contributed by atoms with E-state index in [0.717, 1.165) is 11.3 Å². The lowest BCUT2D eigenvalue weighted by molar-refractivity contribution is 0.0948. The van der Waals surface area contributed by atoms with E-state index in [4.69, 9.17) is 9.15 Å². The van der Waals surface area contributed by atoms with Crippen LogP contribution in [0.1, 0.15) is 21.9 Å². The number of carbonyl (C=O) groups excluding carboxylic acids is 1. The number of aromatic nitrogens is 2. The van der Waals surface area contributed by atoms with Crippen molar-refractivity contribution in [3.63, 3.8) is 0 Å². The molecule has 0 aliphatic heterocycles. The van der Waals surface area contributed by atoms with Crippen LogP contribution in [0.25, 0.3) is 11.3 Å². The highest BCUT2D eigenvalue weighted by atomic mass is 19.1. The summed E-state index contributed by atoms with van der Waals surface area (Å²) in [7, 11) is 0. The molecular weight excluding hydrogens is 385 g/mol. The van der Waals surface area contributed by atoms with Crippen molar-refractivity contribution in [2.45, 2.75) is 13.5 Å². The quantitative estimate of drug-likeness (QED) is 0.495. The highest BCUT2D eigenvalue weighted by molar-refractivity contribution is 5.94. The molecule has 1 N–H and O–H groups in total. The largest absolute Gasteiger partial charge is 0.465 e. The van der Waals surface area contributed by atoms with Crippen molar-refractivity contribution in [1.29, 1.82) is 0 Å². The Hall–Kier alpha value is -4.00. The molecule has 7 heteroatoms. The minimum absolute atomic E-state index is 0.190. The van der Waals surface area contributed by atoms with Gasteiger partial charge in [0.2, 0.25) is 5.88 Å². The van der Waals surface area contributed by atoms with Crippen molar-refractivity contribution < 1.29 is 18.3 Å². The first-order valence-electron chi connectivity index (χ1n) is 9.28. The van der Waals surface area contributed by atoms with Crippen molar-refractivity contribution in [3.8, 4) is 22.9 Å². The predicted molar refractivity (Wildman–Crippen MR) is 109 cm³/mol. The van der Waals surface area contributed by atoms with Crippen LogP contribution in [0.15, 0.2) is 77.2 Å². The van der Waals surface area contributed by atoms with Crippen LogP contribution < -0.4 is 10.1 Å². The summed E-state index contributed by atoms with van der Waals surface area (Å²) in [6.07, 6.45) is 0. The highest BCUT2D eigenvalue weighted by Gasteiger charge is 2.08. The van der Waals surface area contributed by atoms with Crippen molar-refractivity contribution in [2.75, 3.05) is 0 Å². The number of carbonyl (C=O) groups is 1. The van der Waals surface area contributed by atoms with Gasteiger partial charge in [0.1, 0.15) is 23.1 Å². The summed E-state index contributed by atoms with van der Waals surface area (Å²) in [6, 6.07) is 19.8. The molecule has 0 fully saturated rings. The van der Waals surface area contributed by atoms with Crippen molar-refractivity contribution in [3.05, 3.63) is 95.7 Å². The zero-order chi connectivity index (χ0) is 20.9. The fourth-order valence-corrected chi connectivity index (χ4v) is 2.79. The van der Waals surface area contributed by atoms with Gasteiger partial charge in [-0.3, -0.25) is 4.79 Å². The molecule has 2 aromatic heterocycles. The van der Waals surface area contributed by atoms with Gasteiger partial charge in [-0.25, -0.2) is 4.39 Å². The average molecular weight is 403 g/mol. The normalized spacial score (nSPS) is 10.6. The number of benzene rings is 2. The van der Waals surface area contributed by atoms with Crippen LogP contribution in [-0.2, 0) is 6.54 Å². The monoisotopic (exact) mass is 403 g/mol. The smallest absolute Gasteiger partial charge is 0.251 e. The van der Waals surface area contributed by atoms with Crippen LogP contribution in [0.4, 0.5) is 4.39 Å². The molecule has 2 aromatic carbocycles. The number of furan rings is 1. The lowest BCUT2D eigenvalue weighted by Crippen LogP contribution is -2.22. The molecule has 0 unspecified atom stereocenters. The highest BCUT2D eigenvalue weighted by Crippen LogP contribution is 2.22. The third-order valence-electron chi connectivity index (χ3n) is 4.34. The van der Waals surface area contributed by atoms with Gasteiger partial charge in [0.15, 0.2) is 0 Å². The van der Waals surface area contributed by atoms with Gasteiger partial charge in [0, 0.05) is 17.2 Å². The first kappa shape index (κ1) is 19.3. The van der Waals surface area contributed by atoms with E-state index in [0.29, 0.717) is 35.2 Å². The topological polar surface area (TPSA) is 77.2 Å². The number of rotatable bonds is 6. The maximum absolute atomic E-state index is 13.0. The summed E-state index contributed by atoms with van der Waals surface area (Å²) in [5, 5.41) is 11.0. The number of amides is 1. The number of ether oxygens (including phenoxy) is 1. The molecular formula is C23H18FN3O3. The summed E-state index contributed by atoms with van der Waals surface area (Å²) in [5.41, 5.74) is 1.99. The second-order valence-electron chi connectivity index (χ2n) is 6.59. The van der Waals surface area contributed by atoms with Gasteiger partial charge in [-0.05, 0) is 61.5 Å². The number of hydrogen-bond donors (Lipinski definition) is 1. The van der Waals surface area contributed by atoms with E-state index in [9.17, 15) is 9.18 Å². The zero-order valence-electron chi connectivity index (χ0n) is 16.1. The summed E-state index contributed by atoms with van der Waals surface area (Å²) in [5.74, 6) is 1.75. The van der Waals surface area contributed by atoms with Crippen molar-refractivity contribution >= 4 is 5.91 Å². The summed E-state index contributed by atoms with van der Waals surface area (Å²) in [4.78, 5) is 12.3.